The number of carbonyl (C=O) groups excluding carboxylic acids is 2. The molecular weight excluding hydrogens is 510 g/mol. The van der Waals surface area contributed by atoms with Crippen LogP contribution in [0.3, 0.4) is 0 Å². The number of hydrogen-bond donors (Lipinski definition) is 3. The molecule has 2 heterocycles. The Hall–Kier alpha value is -3.63. The largest absolute Gasteiger partial charge is 0.478 e. The fraction of sp³-hybridized carbons (Fsp3) is 0.407. The molecule has 0 saturated heterocycles. The van der Waals surface area contributed by atoms with E-state index in [0.717, 1.165) is 0 Å². The standard InChI is InChI=1S/C27H34ClN5O5/c1-5-38-25-19(13-20(28)16-29-25)14-22(35)30-17-27(3,4)15-23(36)31-24-18(2)32(11-12-34)33(26(24)37)21-9-7-6-8-10-21/h6-10,13,16,34H,5,11-12,14-15,17H2,1-4H3,(H,30,35)(H,31,36). The minimum absolute atomic E-state index is 0.0295. The molecule has 0 aliphatic carbocycles. The molecule has 1 aromatic carbocycles. The molecule has 3 N–H and O–H groups in total. The van der Waals surface area contributed by atoms with E-state index >= 15 is 0 Å². The maximum Gasteiger partial charge on any atom is 0.295 e. The number of benzene rings is 1. The van der Waals surface area contributed by atoms with E-state index in [2.05, 4.69) is 15.6 Å². The van der Waals surface area contributed by atoms with Crippen molar-refractivity contribution >= 4 is 29.1 Å². The molecule has 0 unspecified atom stereocenters. The van der Waals surface area contributed by atoms with Gasteiger partial charge in [-0.3, -0.25) is 19.1 Å². The van der Waals surface area contributed by atoms with Crippen molar-refractivity contribution in [1.29, 1.82) is 0 Å². The van der Waals surface area contributed by atoms with Crippen LogP contribution in [0.4, 0.5) is 5.69 Å². The molecule has 3 rings (SSSR count). The van der Waals surface area contributed by atoms with Crippen LogP contribution in [0.5, 0.6) is 5.88 Å². The molecule has 0 saturated carbocycles. The third kappa shape index (κ3) is 7.23. The van der Waals surface area contributed by atoms with Crippen LogP contribution in [-0.4, -0.2) is 51.0 Å². The summed E-state index contributed by atoms with van der Waals surface area (Å²) in [6.45, 7) is 7.92. The predicted octanol–water partition coefficient (Wildman–Crippen LogP) is 3.10. The lowest BCUT2D eigenvalue weighted by Crippen LogP contribution is -2.37. The Kier molecular flexibility index (Phi) is 9.71. The second-order valence-electron chi connectivity index (χ2n) is 9.65. The number of rotatable bonds is 12. The van der Waals surface area contributed by atoms with Crippen molar-refractivity contribution in [2.75, 3.05) is 25.1 Å². The monoisotopic (exact) mass is 543 g/mol. The zero-order valence-electron chi connectivity index (χ0n) is 22.1. The Bertz CT molecular complexity index is 1330. The van der Waals surface area contributed by atoms with E-state index in [9.17, 15) is 19.5 Å². The van der Waals surface area contributed by atoms with Gasteiger partial charge in [0.25, 0.3) is 5.56 Å². The number of halogens is 1. The van der Waals surface area contributed by atoms with E-state index in [1.54, 1.807) is 29.8 Å². The number of ether oxygens (including phenoxy) is 1. The fourth-order valence-corrected chi connectivity index (χ4v) is 4.28. The first kappa shape index (κ1) is 28.9. The van der Waals surface area contributed by atoms with Crippen LogP contribution in [0, 0.1) is 12.3 Å². The Balaban J connectivity index is 1.67. The van der Waals surface area contributed by atoms with Gasteiger partial charge in [-0.1, -0.05) is 43.6 Å². The number of anilines is 1. The lowest BCUT2D eigenvalue weighted by Gasteiger charge is -2.24. The van der Waals surface area contributed by atoms with Crippen molar-refractivity contribution in [3.63, 3.8) is 0 Å². The van der Waals surface area contributed by atoms with Crippen LogP contribution in [0.15, 0.2) is 47.4 Å². The third-order valence-corrected chi connectivity index (χ3v) is 6.11. The molecule has 0 bridgehead atoms. The molecule has 204 valence electrons. The van der Waals surface area contributed by atoms with Gasteiger partial charge in [0.2, 0.25) is 17.7 Å². The number of hydrogen-bond acceptors (Lipinski definition) is 6. The fourth-order valence-electron chi connectivity index (χ4n) is 4.10. The molecule has 0 aliphatic heterocycles. The van der Waals surface area contributed by atoms with Crippen LogP contribution in [0.2, 0.25) is 5.02 Å². The summed E-state index contributed by atoms with van der Waals surface area (Å²) in [4.78, 5) is 43.0. The Morgan fingerprint density at radius 2 is 1.89 bits per heavy atom. The predicted molar refractivity (Wildman–Crippen MR) is 146 cm³/mol. The first-order valence-corrected chi connectivity index (χ1v) is 12.8. The molecule has 0 radical (unpaired) electrons. The average Bonchev–Trinajstić information content (AvgIpc) is 3.09. The quantitative estimate of drug-likeness (QED) is 0.322. The van der Waals surface area contributed by atoms with E-state index in [-0.39, 0.29) is 55.6 Å². The zero-order chi connectivity index (χ0) is 27.9. The normalized spacial score (nSPS) is 11.3. The van der Waals surface area contributed by atoms with Crippen LogP contribution >= 0.6 is 11.6 Å². The van der Waals surface area contributed by atoms with Gasteiger partial charge in [0, 0.05) is 24.7 Å². The van der Waals surface area contributed by atoms with Crippen molar-refractivity contribution < 1.29 is 19.4 Å². The molecule has 2 aromatic heterocycles. The van der Waals surface area contributed by atoms with Crippen molar-refractivity contribution in [3.05, 3.63) is 69.2 Å². The van der Waals surface area contributed by atoms with Gasteiger partial charge in [-0.2, -0.15) is 0 Å². The van der Waals surface area contributed by atoms with E-state index in [4.69, 9.17) is 16.3 Å². The number of aliphatic hydroxyl groups is 1. The Labute approximate surface area is 226 Å². The average molecular weight is 544 g/mol. The van der Waals surface area contributed by atoms with Crippen molar-refractivity contribution in [2.45, 2.75) is 47.1 Å². The first-order valence-electron chi connectivity index (χ1n) is 12.4. The molecule has 2 amide bonds. The number of aromatic nitrogens is 3. The number of carbonyl (C=O) groups is 2. The maximum absolute atomic E-state index is 13.2. The molecule has 0 atom stereocenters. The second kappa shape index (κ2) is 12.7. The summed E-state index contributed by atoms with van der Waals surface area (Å²) in [6.07, 6.45) is 1.55. The lowest BCUT2D eigenvalue weighted by molar-refractivity contribution is -0.122. The number of pyridine rings is 1. The van der Waals surface area contributed by atoms with Crippen molar-refractivity contribution in [2.24, 2.45) is 5.41 Å². The minimum Gasteiger partial charge on any atom is -0.478 e. The van der Waals surface area contributed by atoms with E-state index in [1.165, 1.54) is 10.9 Å². The third-order valence-electron chi connectivity index (χ3n) is 5.90. The molecule has 0 spiro atoms. The Morgan fingerprint density at radius 3 is 2.55 bits per heavy atom. The molecular formula is C27H34ClN5O5. The smallest absolute Gasteiger partial charge is 0.295 e. The van der Waals surface area contributed by atoms with Crippen LogP contribution in [0.1, 0.15) is 38.4 Å². The van der Waals surface area contributed by atoms with E-state index in [1.807, 2.05) is 39.0 Å². The molecule has 0 aliphatic rings. The summed E-state index contributed by atoms with van der Waals surface area (Å²) in [6, 6.07) is 10.7. The maximum atomic E-state index is 13.2. The minimum atomic E-state index is -0.602. The summed E-state index contributed by atoms with van der Waals surface area (Å²) in [5, 5.41) is 15.5. The SMILES string of the molecule is CCOc1ncc(Cl)cc1CC(=O)NCC(C)(C)CC(=O)Nc1c(C)n(CCO)n(-c2ccccc2)c1=O. The van der Waals surface area contributed by atoms with E-state index in [0.29, 0.717) is 34.5 Å². The van der Waals surface area contributed by atoms with Crippen LogP contribution in [0.25, 0.3) is 5.69 Å². The first-order chi connectivity index (χ1) is 18.1. The number of aliphatic hydroxyl groups excluding tert-OH is 1. The van der Waals surface area contributed by atoms with Crippen LogP contribution < -0.4 is 20.9 Å². The summed E-state index contributed by atoms with van der Waals surface area (Å²) in [5.41, 5.74) is 0.901. The summed E-state index contributed by atoms with van der Waals surface area (Å²) >= 11 is 6.03. The van der Waals surface area contributed by atoms with Gasteiger partial charge in [0.15, 0.2) is 0 Å². The molecule has 0 fully saturated rings. The highest BCUT2D eigenvalue weighted by Gasteiger charge is 2.26. The highest BCUT2D eigenvalue weighted by Crippen LogP contribution is 2.23. The van der Waals surface area contributed by atoms with Crippen LogP contribution in [-0.2, 0) is 22.6 Å². The van der Waals surface area contributed by atoms with Crippen molar-refractivity contribution in [1.82, 2.24) is 19.7 Å². The highest BCUT2D eigenvalue weighted by molar-refractivity contribution is 6.30. The van der Waals surface area contributed by atoms with Gasteiger partial charge in [0.05, 0.1) is 42.6 Å². The van der Waals surface area contributed by atoms with E-state index < -0.39 is 5.41 Å². The Morgan fingerprint density at radius 1 is 1.18 bits per heavy atom. The second-order valence-corrected chi connectivity index (χ2v) is 10.1. The van der Waals surface area contributed by atoms with Gasteiger partial charge in [0.1, 0.15) is 5.69 Å². The summed E-state index contributed by atoms with van der Waals surface area (Å²) in [7, 11) is 0. The number of amides is 2. The van der Waals surface area contributed by atoms with Gasteiger partial charge < -0.3 is 20.5 Å². The molecule has 10 nitrogen and oxygen atoms in total. The molecule has 38 heavy (non-hydrogen) atoms. The summed E-state index contributed by atoms with van der Waals surface area (Å²) in [5.74, 6) is -0.259. The lowest BCUT2D eigenvalue weighted by atomic mass is 9.88. The topological polar surface area (TPSA) is 127 Å². The van der Waals surface area contributed by atoms with Gasteiger partial charge in [-0.25, -0.2) is 9.67 Å². The number of nitrogens with zero attached hydrogens (tertiary/aromatic N) is 3. The molecule has 11 heteroatoms. The molecule has 3 aromatic rings. The van der Waals surface area contributed by atoms with Gasteiger partial charge >= 0.3 is 0 Å². The number of para-hydroxylation sites is 1. The van der Waals surface area contributed by atoms with Crippen molar-refractivity contribution in [3.8, 4) is 11.6 Å². The number of nitrogens with one attached hydrogen (secondary N) is 2. The summed E-state index contributed by atoms with van der Waals surface area (Å²) < 4.78 is 8.55. The zero-order valence-corrected chi connectivity index (χ0v) is 22.8. The van der Waals surface area contributed by atoms with Gasteiger partial charge in [-0.05, 0) is 37.5 Å². The highest BCUT2D eigenvalue weighted by atomic mass is 35.5. The van der Waals surface area contributed by atoms with Gasteiger partial charge in [-0.15, -0.1) is 0 Å².